The maximum Gasteiger partial charge on any atom is 0.305 e. The van der Waals surface area contributed by atoms with Crippen molar-refractivity contribution >= 4 is 12.2 Å². The molecule has 0 rings (SSSR count). The number of nitrogens with zero attached hydrogens (tertiary/aromatic N) is 1. The minimum Gasteiger partial charge on any atom is -0.469 e. The van der Waals surface area contributed by atoms with E-state index in [4.69, 9.17) is 0 Å². The van der Waals surface area contributed by atoms with Gasteiger partial charge in [-0.05, 0) is 13.3 Å². The lowest BCUT2D eigenvalue weighted by atomic mass is 10.3. The van der Waals surface area contributed by atoms with Crippen LogP contribution in [0.1, 0.15) is 19.8 Å². The number of hydrazone groups is 1. The van der Waals surface area contributed by atoms with Crippen LogP contribution < -0.4 is 5.43 Å². The lowest BCUT2D eigenvalue weighted by Crippen LogP contribution is -2.10. The first-order valence-electron chi connectivity index (χ1n) is 3.58. The topological polar surface area (TPSA) is 50.7 Å². The highest BCUT2D eigenvalue weighted by Gasteiger charge is 1.97. The molecular formula is C7H14N2O2. The Morgan fingerprint density at radius 3 is 3.00 bits per heavy atom. The molecule has 0 aliphatic carbocycles. The third-order valence-corrected chi connectivity index (χ3v) is 1.12. The molecule has 0 aromatic carbocycles. The molecular weight excluding hydrogens is 144 g/mol. The van der Waals surface area contributed by atoms with Gasteiger partial charge in [0.1, 0.15) is 0 Å². The van der Waals surface area contributed by atoms with Gasteiger partial charge in [-0.15, -0.1) is 0 Å². The minimum absolute atomic E-state index is 0.174. The molecule has 0 spiro atoms. The first kappa shape index (κ1) is 9.94. The van der Waals surface area contributed by atoms with Crippen molar-refractivity contribution in [2.75, 3.05) is 13.7 Å². The van der Waals surface area contributed by atoms with E-state index in [9.17, 15) is 4.79 Å². The number of methoxy groups -OCH3 is 1. The summed E-state index contributed by atoms with van der Waals surface area (Å²) in [5.74, 6) is -0.174. The van der Waals surface area contributed by atoms with E-state index in [1.807, 2.05) is 6.92 Å². The van der Waals surface area contributed by atoms with Crippen LogP contribution in [-0.4, -0.2) is 25.8 Å². The highest BCUT2D eigenvalue weighted by atomic mass is 16.5. The fourth-order valence-corrected chi connectivity index (χ4v) is 0.570. The number of hydrogen-bond acceptors (Lipinski definition) is 4. The average molecular weight is 158 g/mol. The van der Waals surface area contributed by atoms with Gasteiger partial charge in [-0.25, -0.2) is 0 Å². The molecule has 0 bridgehead atoms. The number of ether oxygens (including phenoxy) is 1. The third-order valence-electron chi connectivity index (χ3n) is 1.12. The second-order valence-corrected chi connectivity index (χ2v) is 1.98. The maximum atomic E-state index is 10.6. The van der Waals surface area contributed by atoms with Crippen LogP contribution in [0.25, 0.3) is 0 Å². The molecule has 0 aliphatic heterocycles. The number of carbonyl (C=O) groups excluding carboxylic acids is 1. The van der Waals surface area contributed by atoms with E-state index in [2.05, 4.69) is 15.3 Å². The smallest absolute Gasteiger partial charge is 0.305 e. The molecule has 0 atom stereocenters. The Bertz CT molecular complexity index is 134. The molecule has 64 valence electrons. The highest BCUT2D eigenvalue weighted by Crippen LogP contribution is 1.88. The van der Waals surface area contributed by atoms with Crippen molar-refractivity contribution in [3.05, 3.63) is 0 Å². The Morgan fingerprint density at radius 1 is 1.73 bits per heavy atom. The van der Waals surface area contributed by atoms with E-state index >= 15 is 0 Å². The molecule has 0 fully saturated rings. The zero-order chi connectivity index (χ0) is 8.53. The fraction of sp³-hybridized carbons (Fsp3) is 0.714. The predicted molar refractivity (Wildman–Crippen MR) is 43.4 cm³/mol. The number of nitrogens with one attached hydrogen (secondary N) is 1. The summed E-state index contributed by atoms with van der Waals surface area (Å²) in [7, 11) is 1.39. The van der Waals surface area contributed by atoms with Gasteiger partial charge in [-0.1, -0.05) is 0 Å². The van der Waals surface area contributed by atoms with Gasteiger partial charge in [0.05, 0.1) is 7.11 Å². The van der Waals surface area contributed by atoms with Crippen LogP contribution in [-0.2, 0) is 9.53 Å². The summed E-state index contributed by atoms with van der Waals surface area (Å²) in [4.78, 5) is 10.6. The van der Waals surface area contributed by atoms with E-state index in [1.165, 1.54) is 7.11 Å². The van der Waals surface area contributed by atoms with Gasteiger partial charge in [0.25, 0.3) is 0 Å². The molecule has 4 heteroatoms. The van der Waals surface area contributed by atoms with Gasteiger partial charge < -0.3 is 10.2 Å². The summed E-state index contributed by atoms with van der Waals surface area (Å²) in [6.45, 7) is 2.53. The molecule has 0 radical (unpaired) electrons. The van der Waals surface area contributed by atoms with Crippen molar-refractivity contribution in [3.8, 4) is 0 Å². The normalized spacial score (nSPS) is 10.0. The summed E-state index contributed by atoms with van der Waals surface area (Å²) >= 11 is 0. The minimum atomic E-state index is -0.174. The molecule has 1 N–H and O–H groups in total. The quantitative estimate of drug-likeness (QED) is 0.275. The first-order valence-corrected chi connectivity index (χ1v) is 3.58. The summed E-state index contributed by atoms with van der Waals surface area (Å²) in [5.41, 5.74) is 2.78. The zero-order valence-electron chi connectivity index (χ0n) is 6.96. The first-order chi connectivity index (χ1) is 5.31. The SMILES string of the molecule is C/C=N/NCCCC(=O)OC. The fourth-order valence-electron chi connectivity index (χ4n) is 0.570. The largest absolute Gasteiger partial charge is 0.469 e. The van der Waals surface area contributed by atoms with E-state index in [1.54, 1.807) is 6.21 Å². The Kier molecular flexibility index (Phi) is 6.37. The predicted octanol–water partition coefficient (Wildman–Crippen LogP) is 0.535. The highest BCUT2D eigenvalue weighted by molar-refractivity contribution is 5.69. The van der Waals surface area contributed by atoms with Gasteiger partial charge in [-0.2, -0.15) is 5.10 Å². The van der Waals surface area contributed by atoms with Crippen LogP contribution in [0.15, 0.2) is 5.10 Å². The van der Waals surface area contributed by atoms with Gasteiger partial charge >= 0.3 is 5.97 Å². The lowest BCUT2D eigenvalue weighted by molar-refractivity contribution is -0.140. The summed E-state index contributed by atoms with van der Waals surface area (Å²) < 4.78 is 4.45. The molecule has 0 amide bonds. The molecule has 4 nitrogen and oxygen atoms in total. The number of rotatable bonds is 5. The van der Waals surface area contributed by atoms with Crippen molar-refractivity contribution in [1.29, 1.82) is 0 Å². The summed E-state index contributed by atoms with van der Waals surface area (Å²) in [6, 6.07) is 0. The van der Waals surface area contributed by atoms with Crippen LogP contribution in [0.5, 0.6) is 0 Å². The van der Waals surface area contributed by atoms with Crippen LogP contribution >= 0.6 is 0 Å². The molecule has 0 heterocycles. The monoisotopic (exact) mass is 158 g/mol. The number of carbonyl (C=O) groups is 1. The van der Waals surface area contributed by atoms with E-state index in [-0.39, 0.29) is 5.97 Å². The van der Waals surface area contributed by atoms with E-state index in [0.717, 1.165) is 6.42 Å². The van der Waals surface area contributed by atoms with Crippen molar-refractivity contribution in [2.24, 2.45) is 5.10 Å². The Morgan fingerprint density at radius 2 is 2.45 bits per heavy atom. The van der Waals surface area contributed by atoms with Crippen molar-refractivity contribution < 1.29 is 9.53 Å². The van der Waals surface area contributed by atoms with E-state index in [0.29, 0.717) is 13.0 Å². The molecule has 0 aromatic heterocycles. The molecule has 0 saturated heterocycles. The zero-order valence-corrected chi connectivity index (χ0v) is 6.96. The second kappa shape index (κ2) is 7.05. The molecule has 11 heavy (non-hydrogen) atoms. The summed E-state index contributed by atoms with van der Waals surface area (Å²) in [5, 5.41) is 3.77. The van der Waals surface area contributed by atoms with Crippen LogP contribution in [0.2, 0.25) is 0 Å². The van der Waals surface area contributed by atoms with Crippen molar-refractivity contribution in [1.82, 2.24) is 5.43 Å². The number of hydrogen-bond donors (Lipinski definition) is 1. The molecule has 0 aliphatic rings. The van der Waals surface area contributed by atoms with Gasteiger partial charge in [0.2, 0.25) is 0 Å². The Balaban J connectivity index is 3.08. The van der Waals surface area contributed by atoms with Crippen molar-refractivity contribution in [2.45, 2.75) is 19.8 Å². The standard InChI is InChI=1S/C7H14N2O2/c1-3-8-9-6-4-5-7(10)11-2/h3,9H,4-6H2,1-2H3/b8-3+. The van der Waals surface area contributed by atoms with Gasteiger partial charge in [-0.3, -0.25) is 4.79 Å². The Labute approximate surface area is 66.6 Å². The second-order valence-electron chi connectivity index (χ2n) is 1.98. The lowest BCUT2D eigenvalue weighted by Gasteiger charge is -1.98. The van der Waals surface area contributed by atoms with Crippen LogP contribution in [0.4, 0.5) is 0 Å². The average Bonchev–Trinajstić information content (AvgIpc) is 2.04. The number of esters is 1. The molecule has 0 saturated carbocycles. The van der Waals surface area contributed by atoms with Crippen molar-refractivity contribution in [3.63, 3.8) is 0 Å². The van der Waals surface area contributed by atoms with Crippen LogP contribution in [0.3, 0.4) is 0 Å². The van der Waals surface area contributed by atoms with Gasteiger partial charge in [0.15, 0.2) is 0 Å². The van der Waals surface area contributed by atoms with E-state index < -0.39 is 0 Å². The van der Waals surface area contributed by atoms with Gasteiger partial charge in [0, 0.05) is 19.2 Å². The third kappa shape index (κ3) is 6.83. The molecule has 0 unspecified atom stereocenters. The maximum absolute atomic E-state index is 10.6. The Hall–Kier alpha value is -1.06. The summed E-state index contributed by atoms with van der Waals surface area (Å²) in [6.07, 6.45) is 2.87. The van der Waals surface area contributed by atoms with Crippen LogP contribution in [0, 0.1) is 0 Å². The molecule has 0 aromatic rings.